The van der Waals surface area contributed by atoms with E-state index >= 15 is 0 Å². The number of anilines is 1. The second kappa shape index (κ2) is 10.4. The van der Waals surface area contributed by atoms with Crippen molar-refractivity contribution in [2.24, 2.45) is 0 Å². The summed E-state index contributed by atoms with van der Waals surface area (Å²) >= 11 is 3.30. The van der Waals surface area contributed by atoms with Gasteiger partial charge in [-0.15, -0.1) is 0 Å². The van der Waals surface area contributed by atoms with E-state index < -0.39 is 10.0 Å². The Bertz CT molecular complexity index is 1390. The minimum Gasteiger partial charge on any atom is -0.508 e. The summed E-state index contributed by atoms with van der Waals surface area (Å²) in [6.07, 6.45) is 3.66. The van der Waals surface area contributed by atoms with Gasteiger partial charge in [-0.2, -0.15) is 5.10 Å². The number of pyridine rings is 1. The summed E-state index contributed by atoms with van der Waals surface area (Å²) in [6, 6.07) is 17.3. The fourth-order valence-corrected chi connectivity index (χ4v) is 4.73. The Morgan fingerprint density at radius 3 is 2.56 bits per heavy atom. The van der Waals surface area contributed by atoms with Crippen molar-refractivity contribution < 1.29 is 13.5 Å². The van der Waals surface area contributed by atoms with E-state index in [4.69, 9.17) is 0 Å². The van der Waals surface area contributed by atoms with E-state index in [-0.39, 0.29) is 17.2 Å². The lowest BCUT2D eigenvalue weighted by Crippen LogP contribution is -2.29. The summed E-state index contributed by atoms with van der Waals surface area (Å²) in [5.74, 6) is 0.795. The Morgan fingerprint density at radius 1 is 1.03 bits per heavy atom. The van der Waals surface area contributed by atoms with Crippen LogP contribution >= 0.6 is 15.9 Å². The van der Waals surface area contributed by atoms with Crippen molar-refractivity contribution >= 4 is 31.8 Å². The third-order valence-electron chi connectivity index (χ3n) is 5.12. The summed E-state index contributed by atoms with van der Waals surface area (Å²) in [4.78, 5) is 4.56. The van der Waals surface area contributed by atoms with E-state index in [0.29, 0.717) is 18.9 Å². The molecule has 3 N–H and O–H groups in total. The largest absolute Gasteiger partial charge is 0.508 e. The summed E-state index contributed by atoms with van der Waals surface area (Å²) in [7, 11) is -3.59. The zero-order valence-electron chi connectivity index (χ0n) is 18.4. The number of aryl methyl sites for hydroxylation is 1. The molecule has 0 atom stereocenters. The van der Waals surface area contributed by atoms with E-state index in [1.165, 1.54) is 0 Å². The van der Waals surface area contributed by atoms with Gasteiger partial charge in [-0.05, 0) is 61.0 Å². The molecule has 2 aromatic carbocycles. The Labute approximate surface area is 206 Å². The summed E-state index contributed by atoms with van der Waals surface area (Å²) < 4.78 is 30.1. The number of rotatable bonds is 9. The first-order chi connectivity index (χ1) is 16.4. The van der Waals surface area contributed by atoms with Gasteiger partial charge < -0.3 is 10.4 Å². The third-order valence-corrected chi connectivity index (χ3v) is 7.13. The topological polar surface area (TPSA) is 109 Å². The number of hydrogen-bond acceptors (Lipinski definition) is 6. The molecule has 4 rings (SSSR count). The molecule has 4 aromatic rings. The SMILES string of the molecule is CCn1cc(-c2ccnc(NCCNS(=O)(=O)c3ccc(Br)cc3)c2)c(-c2cccc(O)c2)n1. The predicted molar refractivity (Wildman–Crippen MR) is 136 cm³/mol. The molecular formula is C24H24BrN5O3S. The average molecular weight is 542 g/mol. The van der Waals surface area contributed by atoms with Crippen molar-refractivity contribution in [3.05, 3.63) is 77.5 Å². The minimum absolute atomic E-state index is 0.178. The van der Waals surface area contributed by atoms with Crippen LogP contribution in [0.1, 0.15) is 6.92 Å². The molecular weight excluding hydrogens is 518 g/mol. The van der Waals surface area contributed by atoms with Crippen LogP contribution in [0.15, 0.2) is 82.4 Å². The molecule has 34 heavy (non-hydrogen) atoms. The van der Waals surface area contributed by atoms with Gasteiger partial charge in [0.1, 0.15) is 17.3 Å². The molecule has 2 aromatic heterocycles. The number of halogens is 1. The zero-order valence-corrected chi connectivity index (χ0v) is 20.8. The number of sulfonamides is 1. The van der Waals surface area contributed by atoms with Crippen molar-refractivity contribution in [1.82, 2.24) is 19.5 Å². The van der Waals surface area contributed by atoms with E-state index in [2.05, 4.69) is 36.1 Å². The number of aromatic nitrogens is 3. The Hall–Kier alpha value is -3.21. The van der Waals surface area contributed by atoms with Gasteiger partial charge in [-0.1, -0.05) is 28.1 Å². The van der Waals surface area contributed by atoms with Gasteiger partial charge >= 0.3 is 0 Å². The smallest absolute Gasteiger partial charge is 0.240 e. The number of phenolic OH excluding ortho intramolecular Hbond substituents is 1. The predicted octanol–water partition coefficient (Wildman–Crippen LogP) is 4.49. The molecule has 0 bridgehead atoms. The van der Waals surface area contributed by atoms with Crippen molar-refractivity contribution in [2.45, 2.75) is 18.4 Å². The first-order valence-electron chi connectivity index (χ1n) is 10.7. The van der Waals surface area contributed by atoms with Gasteiger partial charge in [0, 0.05) is 47.6 Å². The standard InChI is InChI=1S/C24H24BrN5O3S/c1-2-30-16-22(24(29-30)18-4-3-5-20(31)14-18)17-10-11-26-23(15-17)27-12-13-28-34(32,33)21-8-6-19(25)7-9-21/h3-11,14-16,28,31H,2,12-13H2,1H3,(H,26,27). The molecule has 0 aliphatic rings. The molecule has 0 saturated heterocycles. The lowest BCUT2D eigenvalue weighted by molar-refractivity contribution is 0.475. The van der Waals surface area contributed by atoms with E-state index in [1.807, 2.05) is 36.0 Å². The van der Waals surface area contributed by atoms with Crippen LogP contribution in [0, 0.1) is 0 Å². The number of nitrogens with one attached hydrogen (secondary N) is 2. The molecule has 0 unspecified atom stereocenters. The van der Waals surface area contributed by atoms with Crippen LogP contribution in [-0.2, 0) is 16.6 Å². The van der Waals surface area contributed by atoms with Gasteiger partial charge in [0.25, 0.3) is 0 Å². The molecule has 0 aliphatic carbocycles. The first-order valence-corrected chi connectivity index (χ1v) is 13.0. The summed E-state index contributed by atoms with van der Waals surface area (Å²) in [6.45, 7) is 3.28. The van der Waals surface area contributed by atoms with Gasteiger partial charge in [0.2, 0.25) is 10.0 Å². The fourth-order valence-electron chi connectivity index (χ4n) is 3.43. The number of aromatic hydroxyl groups is 1. The monoisotopic (exact) mass is 541 g/mol. The highest BCUT2D eigenvalue weighted by Crippen LogP contribution is 2.33. The van der Waals surface area contributed by atoms with Gasteiger partial charge in [-0.3, -0.25) is 4.68 Å². The highest BCUT2D eigenvalue weighted by molar-refractivity contribution is 9.10. The van der Waals surface area contributed by atoms with Crippen LogP contribution in [0.4, 0.5) is 5.82 Å². The Balaban J connectivity index is 1.47. The Kier molecular flexibility index (Phi) is 7.30. The molecule has 2 heterocycles. The number of nitrogens with zero attached hydrogens (tertiary/aromatic N) is 3. The van der Waals surface area contributed by atoms with E-state index in [1.54, 1.807) is 48.7 Å². The molecule has 0 saturated carbocycles. The molecule has 0 aliphatic heterocycles. The van der Waals surface area contributed by atoms with Crippen molar-refractivity contribution in [3.63, 3.8) is 0 Å². The second-order valence-corrected chi connectivity index (χ2v) is 10.2. The van der Waals surface area contributed by atoms with Gasteiger partial charge in [0.15, 0.2) is 0 Å². The van der Waals surface area contributed by atoms with Gasteiger partial charge in [0.05, 0.1) is 4.90 Å². The number of benzene rings is 2. The van der Waals surface area contributed by atoms with Crippen LogP contribution < -0.4 is 10.0 Å². The van der Waals surface area contributed by atoms with Crippen LogP contribution in [0.2, 0.25) is 0 Å². The molecule has 10 heteroatoms. The Morgan fingerprint density at radius 2 is 1.82 bits per heavy atom. The average Bonchev–Trinajstić information content (AvgIpc) is 3.27. The van der Waals surface area contributed by atoms with E-state index in [9.17, 15) is 13.5 Å². The summed E-state index contributed by atoms with van der Waals surface area (Å²) in [5.41, 5.74) is 3.40. The highest BCUT2D eigenvalue weighted by atomic mass is 79.9. The molecule has 0 fully saturated rings. The first kappa shape index (κ1) is 23.9. The molecule has 0 spiro atoms. The maximum absolute atomic E-state index is 12.4. The molecule has 8 nitrogen and oxygen atoms in total. The number of hydrogen-bond donors (Lipinski definition) is 3. The van der Waals surface area contributed by atoms with Crippen molar-refractivity contribution in [2.75, 3.05) is 18.4 Å². The third kappa shape index (κ3) is 5.64. The molecule has 176 valence electrons. The van der Waals surface area contributed by atoms with Crippen LogP contribution in [-0.4, -0.2) is 41.4 Å². The fraction of sp³-hybridized carbons (Fsp3) is 0.167. The number of phenols is 1. The van der Waals surface area contributed by atoms with Crippen LogP contribution in [0.3, 0.4) is 0 Å². The van der Waals surface area contributed by atoms with Crippen molar-refractivity contribution in [1.29, 1.82) is 0 Å². The normalized spacial score (nSPS) is 11.5. The molecule has 0 amide bonds. The van der Waals surface area contributed by atoms with Crippen LogP contribution in [0.5, 0.6) is 5.75 Å². The van der Waals surface area contributed by atoms with Crippen LogP contribution in [0.25, 0.3) is 22.4 Å². The lowest BCUT2D eigenvalue weighted by atomic mass is 10.0. The second-order valence-electron chi connectivity index (χ2n) is 7.51. The highest BCUT2D eigenvalue weighted by Gasteiger charge is 2.15. The summed E-state index contributed by atoms with van der Waals surface area (Å²) in [5, 5.41) is 17.7. The maximum Gasteiger partial charge on any atom is 0.240 e. The molecule has 0 radical (unpaired) electrons. The zero-order chi connectivity index (χ0) is 24.1. The van der Waals surface area contributed by atoms with E-state index in [0.717, 1.165) is 26.9 Å². The van der Waals surface area contributed by atoms with Crippen molar-refractivity contribution in [3.8, 4) is 28.1 Å². The van der Waals surface area contributed by atoms with Gasteiger partial charge in [-0.25, -0.2) is 18.1 Å². The minimum atomic E-state index is -3.59. The quantitative estimate of drug-likeness (QED) is 0.269. The maximum atomic E-state index is 12.4. The lowest BCUT2D eigenvalue weighted by Gasteiger charge is -2.10.